The zero-order valence-electron chi connectivity index (χ0n) is 15.2. The van der Waals surface area contributed by atoms with Gasteiger partial charge in [0.2, 0.25) is 0 Å². The van der Waals surface area contributed by atoms with Gasteiger partial charge in [-0.15, -0.1) is 0 Å². The average Bonchev–Trinajstić information content (AvgIpc) is 2.60. The lowest BCUT2D eigenvalue weighted by molar-refractivity contribution is 0.385. The van der Waals surface area contributed by atoms with E-state index in [-0.39, 0.29) is 11.6 Å². The van der Waals surface area contributed by atoms with Crippen LogP contribution in [0.2, 0.25) is 0 Å². The third-order valence-corrected chi connectivity index (χ3v) is 4.02. The minimum atomic E-state index is -0.357. The van der Waals surface area contributed by atoms with Gasteiger partial charge in [-0.2, -0.15) is 0 Å². The van der Waals surface area contributed by atoms with E-state index in [4.69, 9.17) is 4.74 Å². The number of nitrogens with one attached hydrogen (secondary N) is 1. The van der Waals surface area contributed by atoms with E-state index in [1.807, 2.05) is 36.5 Å². The first-order valence-corrected chi connectivity index (χ1v) is 8.18. The van der Waals surface area contributed by atoms with E-state index < -0.39 is 0 Å². The van der Waals surface area contributed by atoms with Crippen LogP contribution < -0.4 is 10.1 Å². The number of methoxy groups -OCH3 is 1. The lowest BCUT2D eigenvalue weighted by Gasteiger charge is -2.22. The van der Waals surface area contributed by atoms with E-state index in [1.165, 1.54) is 24.3 Å². The number of aromatic nitrogens is 1. The Hall–Kier alpha value is -2.63. The fourth-order valence-corrected chi connectivity index (χ4v) is 2.63. The van der Waals surface area contributed by atoms with Crippen molar-refractivity contribution in [3.63, 3.8) is 0 Å². The minimum absolute atomic E-state index is 0.252. The average molecular weight is 344 g/mol. The summed E-state index contributed by atoms with van der Waals surface area (Å²) >= 11 is 0. The number of benzene rings is 1. The van der Waals surface area contributed by atoms with Crippen LogP contribution in [-0.2, 0) is 13.0 Å². The number of nitrogens with zero attached hydrogens (tertiary/aromatic N) is 3. The van der Waals surface area contributed by atoms with Gasteiger partial charge in [-0.1, -0.05) is 6.07 Å². The van der Waals surface area contributed by atoms with Crippen molar-refractivity contribution in [1.82, 2.24) is 15.2 Å². The highest BCUT2D eigenvalue weighted by Crippen LogP contribution is 2.18. The normalized spacial score (nSPS) is 11.3. The van der Waals surface area contributed by atoms with Gasteiger partial charge in [0.15, 0.2) is 17.5 Å². The molecular formula is C19H25FN4O. The number of aryl methyl sites for hydroxylation is 1. The van der Waals surface area contributed by atoms with Crippen LogP contribution in [0.5, 0.6) is 5.75 Å². The molecule has 0 aliphatic rings. The van der Waals surface area contributed by atoms with E-state index in [0.717, 1.165) is 24.5 Å². The van der Waals surface area contributed by atoms with E-state index >= 15 is 0 Å². The molecule has 2 rings (SSSR count). The summed E-state index contributed by atoms with van der Waals surface area (Å²) in [4.78, 5) is 10.4. The van der Waals surface area contributed by atoms with Gasteiger partial charge >= 0.3 is 0 Å². The van der Waals surface area contributed by atoms with Crippen molar-refractivity contribution in [1.29, 1.82) is 0 Å². The number of halogens is 1. The van der Waals surface area contributed by atoms with E-state index in [9.17, 15) is 4.39 Å². The van der Waals surface area contributed by atoms with Crippen LogP contribution >= 0.6 is 0 Å². The third kappa shape index (κ3) is 5.17. The molecule has 2 aromatic rings. The standard InChI is InChI=1S/C19H25FN4O/c1-14-12-22-9-7-16(14)8-10-23-19(21-2)24(3)13-15-5-6-18(25-4)17(20)11-15/h5-7,9,11-12H,8,10,13H2,1-4H3,(H,21,23). The molecule has 0 aliphatic carbocycles. The van der Waals surface area contributed by atoms with E-state index in [1.54, 1.807) is 13.1 Å². The van der Waals surface area contributed by atoms with Crippen molar-refractivity contribution in [3.8, 4) is 5.75 Å². The quantitative estimate of drug-likeness (QED) is 0.647. The number of rotatable bonds is 6. The molecule has 0 radical (unpaired) electrons. The topological polar surface area (TPSA) is 49.8 Å². The van der Waals surface area contributed by atoms with Crippen molar-refractivity contribution < 1.29 is 9.13 Å². The summed E-state index contributed by atoms with van der Waals surface area (Å²) in [6.45, 7) is 3.37. The van der Waals surface area contributed by atoms with Crippen LogP contribution in [0, 0.1) is 12.7 Å². The van der Waals surface area contributed by atoms with Crippen molar-refractivity contribution in [2.75, 3.05) is 27.7 Å². The first-order chi connectivity index (χ1) is 12.0. The van der Waals surface area contributed by atoms with Gasteiger partial charge in [0, 0.05) is 39.6 Å². The highest BCUT2D eigenvalue weighted by Gasteiger charge is 2.09. The SMILES string of the molecule is CN=C(NCCc1ccncc1C)N(C)Cc1ccc(OC)c(F)c1. The third-order valence-electron chi connectivity index (χ3n) is 4.02. The molecule has 6 heteroatoms. The number of ether oxygens (including phenoxy) is 1. The summed E-state index contributed by atoms with van der Waals surface area (Å²) in [6, 6.07) is 7.01. The Bertz CT molecular complexity index is 733. The van der Waals surface area contributed by atoms with Crippen molar-refractivity contribution in [3.05, 3.63) is 59.2 Å². The Morgan fingerprint density at radius 3 is 2.80 bits per heavy atom. The minimum Gasteiger partial charge on any atom is -0.494 e. The molecule has 1 N–H and O–H groups in total. The molecule has 0 spiro atoms. The molecule has 134 valence electrons. The maximum atomic E-state index is 13.8. The van der Waals surface area contributed by atoms with Gasteiger partial charge in [0.1, 0.15) is 0 Å². The van der Waals surface area contributed by atoms with Crippen molar-refractivity contribution in [2.24, 2.45) is 4.99 Å². The Kier molecular flexibility index (Phi) is 6.74. The molecule has 0 saturated heterocycles. The van der Waals surface area contributed by atoms with Gasteiger partial charge in [0.05, 0.1) is 7.11 Å². The molecular weight excluding hydrogens is 319 g/mol. The summed E-state index contributed by atoms with van der Waals surface area (Å²) in [5.74, 6) is 0.661. The van der Waals surface area contributed by atoms with Crippen LogP contribution in [0.1, 0.15) is 16.7 Å². The second kappa shape index (κ2) is 9.01. The summed E-state index contributed by atoms with van der Waals surface area (Å²) in [6.07, 6.45) is 4.56. The highest BCUT2D eigenvalue weighted by atomic mass is 19.1. The molecule has 0 atom stereocenters. The number of aliphatic imine (C=N–C) groups is 1. The summed E-state index contributed by atoms with van der Waals surface area (Å²) in [5.41, 5.74) is 3.30. The second-order valence-electron chi connectivity index (χ2n) is 5.85. The monoisotopic (exact) mass is 344 g/mol. The van der Waals surface area contributed by atoms with Crippen LogP contribution in [0.25, 0.3) is 0 Å². The molecule has 5 nitrogen and oxygen atoms in total. The Balaban J connectivity index is 1.91. The maximum Gasteiger partial charge on any atom is 0.193 e. The Morgan fingerprint density at radius 2 is 2.16 bits per heavy atom. The maximum absolute atomic E-state index is 13.8. The number of hydrogen-bond donors (Lipinski definition) is 1. The van der Waals surface area contributed by atoms with Gasteiger partial charge in [-0.05, 0) is 48.2 Å². The number of hydrogen-bond acceptors (Lipinski definition) is 3. The molecule has 1 heterocycles. The first kappa shape index (κ1) is 18.7. The predicted octanol–water partition coefficient (Wildman–Crippen LogP) is 2.79. The molecule has 0 fully saturated rings. The van der Waals surface area contributed by atoms with Crippen molar-refractivity contribution >= 4 is 5.96 Å². The molecule has 25 heavy (non-hydrogen) atoms. The molecule has 1 aromatic heterocycles. The molecule has 0 unspecified atom stereocenters. The second-order valence-corrected chi connectivity index (χ2v) is 5.85. The fraction of sp³-hybridized carbons (Fsp3) is 0.368. The number of guanidine groups is 1. The van der Waals surface area contributed by atoms with Crippen molar-refractivity contribution in [2.45, 2.75) is 19.9 Å². The van der Waals surface area contributed by atoms with Crippen LogP contribution in [0.3, 0.4) is 0 Å². The molecule has 0 saturated carbocycles. The zero-order chi connectivity index (χ0) is 18.2. The summed E-state index contributed by atoms with van der Waals surface area (Å²) in [7, 11) is 5.13. The smallest absolute Gasteiger partial charge is 0.193 e. The molecule has 1 aromatic carbocycles. The molecule has 0 amide bonds. The van der Waals surface area contributed by atoms with Gasteiger partial charge < -0.3 is 15.0 Å². The summed E-state index contributed by atoms with van der Waals surface area (Å²) < 4.78 is 18.8. The lowest BCUT2D eigenvalue weighted by atomic mass is 10.1. The van der Waals surface area contributed by atoms with Crippen LogP contribution in [-0.4, -0.2) is 43.6 Å². The largest absolute Gasteiger partial charge is 0.494 e. The Labute approximate surface area is 148 Å². The van der Waals surface area contributed by atoms with Gasteiger partial charge in [0.25, 0.3) is 0 Å². The van der Waals surface area contributed by atoms with Crippen LogP contribution in [0.4, 0.5) is 4.39 Å². The zero-order valence-corrected chi connectivity index (χ0v) is 15.2. The molecule has 0 bridgehead atoms. The Morgan fingerprint density at radius 1 is 1.36 bits per heavy atom. The molecule has 0 aliphatic heterocycles. The van der Waals surface area contributed by atoms with Gasteiger partial charge in [-0.25, -0.2) is 4.39 Å². The van der Waals surface area contributed by atoms with Crippen LogP contribution in [0.15, 0.2) is 41.7 Å². The predicted molar refractivity (Wildman–Crippen MR) is 98.5 cm³/mol. The first-order valence-electron chi connectivity index (χ1n) is 8.18. The lowest BCUT2D eigenvalue weighted by Crippen LogP contribution is -2.39. The fourth-order valence-electron chi connectivity index (χ4n) is 2.63. The number of pyridine rings is 1. The van der Waals surface area contributed by atoms with E-state index in [2.05, 4.69) is 22.2 Å². The summed E-state index contributed by atoms with van der Waals surface area (Å²) in [5, 5.41) is 3.34. The highest BCUT2D eigenvalue weighted by molar-refractivity contribution is 5.79. The van der Waals surface area contributed by atoms with E-state index in [0.29, 0.717) is 6.54 Å². The van der Waals surface area contributed by atoms with Gasteiger partial charge in [-0.3, -0.25) is 9.98 Å².